The second-order valence-electron chi connectivity index (χ2n) is 4.96. The molecular formula is C14H18ClNO2S. The van der Waals surface area contributed by atoms with Crippen LogP contribution in [0.25, 0.3) is 6.08 Å². The van der Waals surface area contributed by atoms with E-state index in [0.717, 1.165) is 30.6 Å². The number of halogens is 1. The first-order valence-electron chi connectivity index (χ1n) is 6.50. The molecule has 0 spiro atoms. The number of rotatable bonds is 4. The molecule has 1 amide bonds. The van der Waals surface area contributed by atoms with Crippen LogP contribution in [0.5, 0.6) is 0 Å². The number of carbonyl (C=O) groups is 1. The van der Waals surface area contributed by atoms with Gasteiger partial charge < -0.3 is 10.4 Å². The summed E-state index contributed by atoms with van der Waals surface area (Å²) in [5.41, 5.74) is -0.424. The highest BCUT2D eigenvalue weighted by Crippen LogP contribution is 2.28. The number of nitrogens with one attached hydrogen (secondary N) is 1. The van der Waals surface area contributed by atoms with Crippen molar-refractivity contribution in [2.75, 3.05) is 6.61 Å². The van der Waals surface area contributed by atoms with Gasteiger partial charge in [-0.25, -0.2) is 0 Å². The van der Waals surface area contributed by atoms with E-state index >= 15 is 0 Å². The minimum atomic E-state index is -0.424. The van der Waals surface area contributed by atoms with E-state index < -0.39 is 5.54 Å². The zero-order valence-electron chi connectivity index (χ0n) is 10.7. The lowest BCUT2D eigenvalue weighted by molar-refractivity contribution is -0.119. The lowest BCUT2D eigenvalue weighted by atomic mass is 9.82. The maximum absolute atomic E-state index is 11.9. The summed E-state index contributed by atoms with van der Waals surface area (Å²) in [7, 11) is 0. The van der Waals surface area contributed by atoms with Gasteiger partial charge in [-0.3, -0.25) is 4.79 Å². The Morgan fingerprint density at radius 2 is 2.16 bits per heavy atom. The van der Waals surface area contributed by atoms with Gasteiger partial charge in [-0.05, 0) is 31.1 Å². The molecule has 2 N–H and O–H groups in total. The van der Waals surface area contributed by atoms with E-state index in [4.69, 9.17) is 11.6 Å². The molecule has 5 heteroatoms. The van der Waals surface area contributed by atoms with Gasteiger partial charge in [0.05, 0.1) is 16.5 Å². The van der Waals surface area contributed by atoms with E-state index in [1.54, 1.807) is 12.1 Å². The van der Waals surface area contributed by atoms with Gasteiger partial charge in [-0.1, -0.05) is 30.9 Å². The number of aliphatic hydroxyl groups excluding tert-OH is 1. The first-order valence-corrected chi connectivity index (χ1v) is 7.69. The van der Waals surface area contributed by atoms with Crippen molar-refractivity contribution in [3.05, 3.63) is 27.4 Å². The second kappa shape index (κ2) is 6.55. The van der Waals surface area contributed by atoms with Crippen molar-refractivity contribution in [1.82, 2.24) is 5.32 Å². The maximum atomic E-state index is 11.9. The fourth-order valence-corrected chi connectivity index (χ4v) is 3.39. The summed E-state index contributed by atoms with van der Waals surface area (Å²) in [6, 6.07) is 3.68. The Morgan fingerprint density at radius 1 is 1.42 bits per heavy atom. The van der Waals surface area contributed by atoms with Crippen LogP contribution < -0.4 is 5.32 Å². The third-order valence-electron chi connectivity index (χ3n) is 3.49. The predicted molar refractivity (Wildman–Crippen MR) is 79.4 cm³/mol. The van der Waals surface area contributed by atoms with Gasteiger partial charge >= 0.3 is 0 Å². The lowest BCUT2D eigenvalue weighted by Gasteiger charge is -2.36. The number of thiophene rings is 1. The van der Waals surface area contributed by atoms with Crippen molar-refractivity contribution < 1.29 is 9.90 Å². The third kappa shape index (κ3) is 4.06. The van der Waals surface area contributed by atoms with Crippen molar-refractivity contribution in [2.24, 2.45) is 0 Å². The second-order valence-corrected chi connectivity index (χ2v) is 6.71. The number of hydrogen-bond acceptors (Lipinski definition) is 3. The largest absolute Gasteiger partial charge is 0.394 e. The minimum Gasteiger partial charge on any atom is -0.394 e. The first kappa shape index (κ1) is 14.6. The van der Waals surface area contributed by atoms with Crippen molar-refractivity contribution in [3.8, 4) is 0 Å². The summed E-state index contributed by atoms with van der Waals surface area (Å²) >= 11 is 7.26. The average molecular weight is 300 g/mol. The molecule has 1 aliphatic rings. The van der Waals surface area contributed by atoms with Crippen LogP contribution in [-0.2, 0) is 4.79 Å². The van der Waals surface area contributed by atoms with Gasteiger partial charge in [0.25, 0.3) is 0 Å². The van der Waals surface area contributed by atoms with Gasteiger partial charge in [0, 0.05) is 11.0 Å². The summed E-state index contributed by atoms with van der Waals surface area (Å²) in [4.78, 5) is 12.9. The van der Waals surface area contributed by atoms with Crippen LogP contribution in [0.3, 0.4) is 0 Å². The van der Waals surface area contributed by atoms with Crippen LogP contribution in [0.4, 0.5) is 0 Å². The Balaban J connectivity index is 1.94. The molecule has 2 rings (SSSR count). The minimum absolute atomic E-state index is 0.0113. The maximum Gasteiger partial charge on any atom is 0.244 e. The third-order valence-corrected chi connectivity index (χ3v) is 4.69. The summed E-state index contributed by atoms with van der Waals surface area (Å²) in [6.07, 6.45) is 8.27. The van der Waals surface area contributed by atoms with E-state index in [2.05, 4.69) is 5.32 Å². The normalized spacial score (nSPS) is 18.6. The lowest BCUT2D eigenvalue weighted by Crippen LogP contribution is -2.52. The highest BCUT2D eigenvalue weighted by Gasteiger charge is 2.32. The zero-order chi connectivity index (χ0) is 13.7. The highest BCUT2D eigenvalue weighted by molar-refractivity contribution is 7.17. The van der Waals surface area contributed by atoms with Crippen LogP contribution in [0.15, 0.2) is 18.2 Å². The van der Waals surface area contributed by atoms with Crippen LogP contribution >= 0.6 is 22.9 Å². The average Bonchev–Trinajstić information content (AvgIpc) is 2.83. The predicted octanol–water partition coefficient (Wildman–Crippen LogP) is 3.23. The molecule has 0 saturated heterocycles. The number of amides is 1. The Morgan fingerprint density at radius 3 is 2.74 bits per heavy atom. The van der Waals surface area contributed by atoms with Crippen LogP contribution in [0.1, 0.15) is 37.0 Å². The molecule has 19 heavy (non-hydrogen) atoms. The van der Waals surface area contributed by atoms with E-state index in [-0.39, 0.29) is 12.5 Å². The molecule has 1 heterocycles. The van der Waals surface area contributed by atoms with Gasteiger partial charge in [-0.15, -0.1) is 11.3 Å². The Hall–Kier alpha value is -0.840. The Bertz CT molecular complexity index is 464. The van der Waals surface area contributed by atoms with Crippen LogP contribution in [0.2, 0.25) is 4.34 Å². The first-order chi connectivity index (χ1) is 9.13. The quantitative estimate of drug-likeness (QED) is 0.839. The van der Waals surface area contributed by atoms with Crippen molar-refractivity contribution in [2.45, 2.75) is 37.6 Å². The summed E-state index contributed by atoms with van der Waals surface area (Å²) in [6.45, 7) is 0.0113. The summed E-state index contributed by atoms with van der Waals surface area (Å²) in [5, 5.41) is 12.5. The van der Waals surface area contributed by atoms with Gasteiger partial charge in [0.1, 0.15) is 0 Å². The molecule has 3 nitrogen and oxygen atoms in total. The molecule has 0 radical (unpaired) electrons. The molecule has 1 aromatic rings. The molecule has 0 aliphatic heterocycles. The topological polar surface area (TPSA) is 49.3 Å². The van der Waals surface area contributed by atoms with E-state index in [9.17, 15) is 9.90 Å². The molecular weight excluding hydrogens is 282 g/mol. The molecule has 0 aromatic carbocycles. The Labute approximate surface area is 122 Å². The van der Waals surface area contributed by atoms with E-state index in [1.807, 2.05) is 6.07 Å². The number of hydrogen-bond donors (Lipinski definition) is 2. The SMILES string of the molecule is O=C(C=Cc1ccc(Cl)s1)NC1(CO)CCCCC1. The van der Waals surface area contributed by atoms with Crippen LogP contribution in [-0.4, -0.2) is 23.2 Å². The van der Waals surface area contributed by atoms with Gasteiger partial charge in [0.15, 0.2) is 0 Å². The molecule has 1 saturated carbocycles. The molecule has 0 unspecified atom stereocenters. The molecule has 0 atom stereocenters. The number of aliphatic hydroxyl groups is 1. The molecule has 104 valence electrons. The van der Waals surface area contributed by atoms with Gasteiger partial charge in [-0.2, -0.15) is 0 Å². The molecule has 1 aromatic heterocycles. The fourth-order valence-electron chi connectivity index (χ4n) is 2.43. The van der Waals surface area contributed by atoms with E-state index in [1.165, 1.54) is 23.8 Å². The van der Waals surface area contributed by atoms with E-state index in [0.29, 0.717) is 4.34 Å². The summed E-state index contributed by atoms with van der Waals surface area (Å²) in [5.74, 6) is -0.152. The van der Waals surface area contributed by atoms with Crippen molar-refractivity contribution >= 4 is 34.9 Å². The summed E-state index contributed by atoms with van der Waals surface area (Å²) < 4.78 is 0.708. The van der Waals surface area contributed by atoms with Crippen molar-refractivity contribution in [1.29, 1.82) is 0 Å². The fraction of sp³-hybridized carbons (Fsp3) is 0.500. The monoisotopic (exact) mass is 299 g/mol. The smallest absolute Gasteiger partial charge is 0.244 e. The molecule has 1 aliphatic carbocycles. The van der Waals surface area contributed by atoms with Crippen LogP contribution in [0, 0.1) is 0 Å². The standard InChI is InChI=1S/C14H18ClNO2S/c15-12-6-4-11(19-12)5-7-13(18)16-14(10-17)8-2-1-3-9-14/h4-7,17H,1-3,8-10H2,(H,16,18). The number of carbonyl (C=O) groups excluding carboxylic acids is 1. The van der Waals surface area contributed by atoms with Gasteiger partial charge in [0.2, 0.25) is 5.91 Å². The molecule has 0 bridgehead atoms. The highest BCUT2D eigenvalue weighted by atomic mass is 35.5. The zero-order valence-corrected chi connectivity index (χ0v) is 12.3. The molecule has 1 fully saturated rings. The Kier molecular flexibility index (Phi) is 5.02. The van der Waals surface area contributed by atoms with Crippen molar-refractivity contribution in [3.63, 3.8) is 0 Å².